The first kappa shape index (κ1) is 21.4. The van der Waals surface area contributed by atoms with E-state index in [1.165, 1.54) is 23.1 Å². The molecule has 1 aliphatic heterocycles. The van der Waals surface area contributed by atoms with Crippen LogP contribution in [0.1, 0.15) is 21.9 Å². The summed E-state index contributed by atoms with van der Waals surface area (Å²) in [6, 6.07) is 11.2. The SMILES string of the molecule is Cc1cc(C(=O)N2CCN(c3nnc(SCC(=O)Nc4ccccc4)s3)CC2)c(C)o1. The quantitative estimate of drug-likeness (QED) is 0.567. The first-order chi connectivity index (χ1) is 15.0. The zero-order chi connectivity index (χ0) is 21.8. The maximum absolute atomic E-state index is 12.7. The van der Waals surface area contributed by atoms with Gasteiger partial charge in [-0.1, -0.05) is 41.3 Å². The summed E-state index contributed by atoms with van der Waals surface area (Å²) in [5.74, 6) is 1.61. The number of aromatic nitrogens is 2. The van der Waals surface area contributed by atoms with Crippen LogP contribution in [0.25, 0.3) is 0 Å². The maximum Gasteiger partial charge on any atom is 0.257 e. The van der Waals surface area contributed by atoms with E-state index in [0.29, 0.717) is 37.5 Å². The van der Waals surface area contributed by atoms with Crippen molar-refractivity contribution in [3.05, 3.63) is 53.5 Å². The zero-order valence-corrected chi connectivity index (χ0v) is 19.0. The van der Waals surface area contributed by atoms with Crippen LogP contribution >= 0.6 is 23.1 Å². The highest BCUT2D eigenvalue weighted by Crippen LogP contribution is 2.29. The molecule has 162 valence electrons. The highest BCUT2D eigenvalue weighted by molar-refractivity contribution is 8.01. The number of carbonyl (C=O) groups is 2. The molecule has 1 fully saturated rings. The van der Waals surface area contributed by atoms with Gasteiger partial charge in [0.15, 0.2) is 4.34 Å². The first-order valence-corrected chi connectivity index (χ1v) is 11.7. The van der Waals surface area contributed by atoms with Crippen molar-refractivity contribution < 1.29 is 14.0 Å². The van der Waals surface area contributed by atoms with Crippen LogP contribution in [-0.4, -0.2) is 58.8 Å². The highest BCUT2D eigenvalue weighted by Gasteiger charge is 2.26. The number of piperazine rings is 1. The lowest BCUT2D eigenvalue weighted by Crippen LogP contribution is -2.48. The molecule has 31 heavy (non-hydrogen) atoms. The van der Waals surface area contributed by atoms with E-state index in [1.54, 1.807) is 6.07 Å². The first-order valence-electron chi connectivity index (χ1n) is 9.92. The summed E-state index contributed by atoms with van der Waals surface area (Å²) >= 11 is 2.84. The van der Waals surface area contributed by atoms with E-state index in [0.717, 1.165) is 20.9 Å². The number of hydrogen-bond donors (Lipinski definition) is 1. The minimum absolute atomic E-state index is 0.00642. The van der Waals surface area contributed by atoms with Gasteiger partial charge in [0, 0.05) is 31.9 Å². The molecule has 1 aliphatic rings. The molecule has 2 amide bonds. The molecular weight excluding hydrogens is 434 g/mol. The number of rotatable bonds is 6. The number of benzene rings is 1. The van der Waals surface area contributed by atoms with Crippen molar-refractivity contribution in [1.82, 2.24) is 15.1 Å². The van der Waals surface area contributed by atoms with Gasteiger partial charge in [-0.3, -0.25) is 9.59 Å². The Balaban J connectivity index is 1.27. The Morgan fingerprint density at radius 2 is 1.87 bits per heavy atom. The Hall–Kier alpha value is -2.85. The van der Waals surface area contributed by atoms with Gasteiger partial charge in [0.2, 0.25) is 11.0 Å². The van der Waals surface area contributed by atoms with Gasteiger partial charge >= 0.3 is 0 Å². The Morgan fingerprint density at radius 3 is 2.55 bits per heavy atom. The van der Waals surface area contributed by atoms with Gasteiger partial charge in [0.05, 0.1) is 11.3 Å². The molecule has 4 rings (SSSR count). The molecular formula is C21H23N5O3S2. The lowest BCUT2D eigenvalue weighted by atomic mass is 10.2. The second-order valence-corrected chi connectivity index (χ2v) is 9.34. The van der Waals surface area contributed by atoms with Crippen molar-refractivity contribution in [3.8, 4) is 0 Å². The van der Waals surface area contributed by atoms with Crippen LogP contribution < -0.4 is 10.2 Å². The summed E-state index contributed by atoms with van der Waals surface area (Å²) in [5.41, 5.74) is 1.41. The lowest BCUT2D eigenvalue weighted by Gasteiger charge is -2.34. The molecule has 3 aromatic rings. The second kappa shape index (κ2) is 9.52. The van der Waals surface area contributed by atoms with Gasteiger partial charge in [-0.25, -0.2) is 0 Å². The minimum atomic E-state index is -0.0788. The molecule has 1 saturated heterocycles. The second-order valence-electron chi connectivity index (χ2n) is 7.16. The number of anilines is 2. The Kier molecular flexibility index (Phi) is 6.57. The normalized spacial score (nSPS) is 14.0. The largest absolute Gasteiger partial charge is 0.466 e. The highest BCUT2D eigenvalue weighted by atomic mass is 32.2. The van der Waals surface area contributed by atoms with E-state index in [2.05, 4.69) is 20.4 Å². The van der Waals surface area contributed by atoms with E-state index in [-0.39, 0.29) is 17.6 Å². The molecule has 0 aliphatic carbocycles. The standard InChI is InChI=1S/C21H23N5O3S2/c1-14-12-17(15(2)29-14)19(28)25-8-10-26(11-9-25)20-23-24-21(31-20)30-13-18(27)22-16-6-4-3-5-7-16/h3-7,12H,8-11,13H2,1-2H3,(H,22,27). The molecule has 2 aromatic heterocycles. The number of hydrogen-bond acceptors (Lipinski definition) is 8. The van der Waals surface area contributed by atoms with E-state index >= 15 is 0 Å². The molecule has 0 saturated carbocycles. The van der Waals surface area contributed by atoms with Gasteiger partial charge in [-0.05, 0) is 32.0 Å². The molecule has 3 heterocycles. The molecule has 0 radical (unpaired) electrons. The van der Waals surface area contributed by atoms with Gasteiger partial charge in [0.25, 0.3) is 5.91 Å². The number of furan rings is 1. The third kappa shape index (κ3) is 5.26. The van der Waals surface area contributed by atoms with E-state index in [9.17, 15) is 9.59 Å². The van der Waals surface area contributed by atoms with Crippen LogP contribution in [0.4, 0.5) is 10.8 Å². The van der Waals surface area contributed by atoms with Crippen LogP contribution in [0.5, 0.6) is 0 Å². The van der Waals surface area contributed by atoms with Crippen molar-refractivity contribution in [2.45, 2.75) is 18.2 Å². The van der Waals surface area contributed by atoms with Gasteiger partial charge < -0.3 is 19.5 Å². The number of carbonyl (C=O) groups excluding carboxylic acids is 2. The van der Waals surface area contributed by atoms with Crippen LogP contribution in [0, 0.1) is 13.8 Å². The predicted molar refractivity (Wildman–Crippen MR) is 122 cm³/mol. The number of amides is 2. The molecule has 8 nitrogen and oxygen atoms in total. The topological polar surface area (TPSA) is 91.6 Å². The van der Waals surface area contributed by atoms with Crippen LogP contribution in [0.15, 0.2) is 45.2 Å². The van der Waals surface area contributed by atoms with Crippen molar-refractivity contribution in [2.24, 2.45) is 0 Å². The fourth-order valence-corrected chi connectivity index (χ4v) is 5.04. The molecule has 0 unspecified atom stereocenters. The van der Waals surface area contributed by atoms with Crippen molar-refractivity contribution in [2.75, 3.05) is 42.1 Å². The smallest absolute Gasteiger partial charge is 0.257 e. The average Bonchev–Trinajstić information content (AvgIpc) is 3.38. The Labute approximate surface area is 188 Å². The van der Waals surface area contributed by atoms with Crippen molar-refractivity contribution >= 4 is 45.7 Å². The number of aryl methyl sites for hydroxylation is 2. The zero-order valence-electron chi connectivity index (χ0n) is 17.3. The summed E-state index contributed by atoms with van der Waals surface area (Å²) in [7, 11) is 0. The Bertz CT molecular complexity index is 1060. The summed E-state index contributed by atoms with van der Waals surface area (Å²) in [6.07, 6.45) is 0. The average molecular weight is 458 g/mol. The predicted octanol–water partition coefficient (Wildman–Crippen LogP) is 3.44. The number of nitrogens with zero attached hydrogens (tertiary/aromatic N) is 4. The fraction of sp³-hybridized carbons (Fsp3) is 0.333. The summed E-state index contributed by atoms with van der Waals surface area (Å²) < 4.78 is 6.24. The van der Waals surface area contributed by atoms with E-state index < -0.39 is 0 Å². The number of nitrogens with one attached hydrogen (secondary N) is 1. The minimum Gasteiger partial charge on any atom is -0.466 e. The molecule has 1 N–H and O–H groups in total. The van der Waals surface area contributed by atoms with E-state index in [4.69, 9.17) is 4.42 Å². The van der Waals surface area contributed by atoms with Crippen molar-refractivity contribution in [1.29, 1.82) is 0 Å². The van der Waals surface area contributed by atoms with Gasteiger partial charge in [-0.2, -0.15) is 0 Å². The Morgan fingerprint density at radius 1 is 1.13 bits per heavy atom. The maximum atomic E-state index is 12.7. The van der Waals surface area contributed by atoms with E-state index in [1.807, 2.05) is 49.1 Å². The fourth-order valence-electron chi connectivity index (χ4n) is 3.35. The van der Waals surface area contributed by atoms with Gasteiger partial charge in [-0.15, -0.1) is 10.2 Å². The third-order valence-electron chi connectivity index (χ3n) is 4.89. The van der Waals surface area contributed by atoms with Gasteiger partial charge in [0.1, 0.15) is 11.5 Å². The molecule has 0 atom stereocenters. The van der Waals surface area contributed by atoms with Crippen LogP contribution in [-0.2, 0) is 4.79 Å². The van der Waals surface area contributed by atoms with Crippen molar-refractivity contribution in [3.63, 3.8) is 0 Å². The molecule has 0 spiro atoms. The summed E-state index contributed by atoms with van der Waals surface area (Å²) in [6.45, 7) is 6.27. The number of thioether (sulfide) groups is 1. The molecule has 0 bridgehead atoms. The summed E-state index contributed by atoms with van der Waals surface area (Å²) in [4.78, 5) is 28.8. The summed E-state index contributed by atoms with van der Waals surface area (Å²) in [5, 5.41) is 12.1. The van der Waals surface area contributed by atoms with Crippen LogP contribution in [0.2, 0.25) is 0 Å². The molecule has 10 heteroatoms. The third-order valence-corrected chi connectivity index (χ3v) is 7.01. The number of para-hydroxylation sites is 1. The lowest BCUT2D eigenvalue weighted by molar-refractivity contribution is -0.113. The van der Waals surface area contributed by atoms with Crippen LogP contribution in [0.3, 0.4) is 0 Å². The monoisotopic (exact) mass is 457 g/mol. The molecule has 1 aromatic carbocycles.